The third-order valence-electron chi connectivity index (χ3n) is 3.41. The number of hydrogen-bond acceptors (Lipinski definition) is 4. The van der Waals surface area contributed by atoms with Gasteiger partial charge in [-0.15, -0.1) is 0 Å². The molecule has 0 aromatic heterocycles. The zero-order valence-corrected chi connectivity index (χ0v) is 12.2. The molecule has 0 saturated heterocycles. The molecular weight excluding hydrogens is 248 g/mol. The van der Waals surface area contributed by atoms with Gasteiger partial charge in [-0.25, -0.2) is 0 Å². The lowest BCUT2D eigenvalue weighted by Crippen LogP contribution is -2.39. The fraction of sp³-hybridized carbons (Fsp3) is 0.786. The van der Waals surface area contributed by atoms with E-state index < -0.39 is 5.92 Å². The second kappa shape index (κ2) is 7.07. The Balaban J connectivity index is 2.59. The zero-order valence-electron chi connectivity index (χ0n) is 11.4. The predicted octanol–water partition coefficient (Wildman–Crippen LogP) is 2.66. The highest BCUT2D eigenvalue weighted by molar-refractivity contribution is 7.99. The van der Waals surface area contributed by atoms with E-state index in [1.165, 1.54) is 0 Å². The molecule has 0 spiro atoms. The highest BCUT2D eigenvalue weighted by Crippen LogP contribution is 2.30. The second-order valence-electron chi connectivity index (χ2n) is 4.96. The highest BCUT2D eigenvalue weighted by Gasteiger charge is 2.39. The summed E-state index contributed by atoms with van der Waals surface area (Å²) in [6, 6.07) is 0. The van der Waals surface area contributed by atoms with Gasteiger partial charge < -0.3 is 0 Å². The lowest BCUT2D eigenvalue weighted by molar-refractivity contribution is -0.143. The lowest BCUT2D eigenvalue weighted by Gasteiger charge is -2.27. The minimum absolute atomic E-state index is 0.139. The van der Waals surface area contributed by atoms with Crippen LogP contribution in [0, 0.1) is 11.8 Å². The molecule has 18 heavy (non-hydrogen) atoms. The molecule has 0 amide bonds. The van der Waals surface area contributed by atoms with Crippen LogP contribution in [0.2, 0.25) is 0 Å². The molecule has 0 N–H and O–H groups in total. The van der Waals surface area contributed by atoms with Crippen molar-refractivity contribution >= 4 is 29.1 Å². The van der Waals surface area contributed by atoms with Crippen molar-refractivity contribution in [2.45, 2.75) is 51.7 Å². The van der Waals surface area contributed by atoms with E-state index in [2.05, 4.69) is 13.8 Å². The summed E-state index contributed by atoms with van der Waals surface area (Å²) >= 11 is 1.85. The van der Waals surface area contributed by atoms with E-state index in [4.69, 9.17) is 0 Å². The summed E-state index contributed by atoms with van der Waals surface area (Å²) in [5.74, 6) is -0.277. The first-order chi connectivity index (χ1) is 8.49. The maximum atomic E-state index is 11.9. The van der Waals surface area contributed by atoms with E-state index in [1.807, 2.05) is 11.8 Å². The van der Waals surface area contributed by atoms with Crippen LogP contribution < -0.4 is 0 Å². The van der Waals surface area contributed by atoms with Crippen molar-refractivity contribution in [2.24, 2.45) is 11.8 Å². The average Bonchev–Trinajstić information content (AvgIpc) is 2.27. The molecule has 0 heterocycles. The molecular formula is C14H22O3S. The fourth-order valence-electron chi connectivity index (χ4n) is 2.61. The Morgan fingerprint density at radius 1 is 1.28 bits per heavy atom. The van der Waals surface area contributed by atoms with Crippen molar-refractivity contribution in [3.8, 4) is 0 Å². The van der Waals surface area contributed by atoms with E-state index in [0.717, 1.165) is 12.2 Å². The first kappa shape index (κ1) is 15.4. The molecule has 0 bridgehead atoms. The minimum Gasteiger partial charge on any atom is -0.298 e. The molecule has 1 unspecified atom stereocenters. The van der Waals surface area contributed by atoms with Gasteiger partial charge in [-0.3, -0.25) is 14.4 Å². The zero-order chi connectivity index (χ0) is 13.7. The molecule has 1 atom stereocenters. The molecule has 1 rings (SSSR count). The van der Waals surface area contributed by atoms with Crippen molar-refractivity contribution < 1.29 is 14.4 Å². The third-order valence-corrected chi connectivity index (χ3v) is 4.51. The largest absolute Gasteiger partial charge is 0.298 e. The van der Waals surface area contributed by atoms with Crippen molar-refractivity contribution in [1.82, 2.24) is 0 Å². The van der Waals surface area contributed by atoms with E-state index in [0.29, 0.717) is 18.1 Å². The molecule has 0 radical (unpaired) electrons. The van der Waals surface area contributed by atoms with Gasteiger partial charge in [-0.1, -0.05) is 20.8 Å². The summed E-state index contributed by atoms with van der Waals surface area (Å²) < 4.78 is 0. The minimum atomic E-state index is -0.944. The molecule has 1 aliphatic carbocycles. The topological polar surface area (TPSA) is 51.2 Å². The first-order valence-corrected chi connectivity index (χ1v) is 7.74. The Labute approximate surface area is 113 Å². The molecule has 1 aliphatic rings. The SMILES string of the molecule is CCSC(C)CC1CC(=O)C(C(=O)CC)C(=O)C1. The number of carbonyl (C=O) groups is 3. The van der Waals surface area contributed by atoms with Crippen molar-refractivity contribution in [2.75, 3.05) is 5.75 Å². The molecule has 0 aliphatic heterocycles. The Bertz CT molecular complexity index is 320. The maximum Gasteiger partial charge on any atom is 0.151 e. The van der Waals surface area contributed by atoms with Crippen molar-refractivity contribution in [1.29, 1.82) is 0 Å². The Hall–Kier alpha value is -0.640. The van der Waals surface area contributed by atoms with Crippen LogP contribution in [0.15, 0.2) is 0 Å². The fourth-order valence-corrected chi connectivity index (χ4v) is 3.59. The molecule has 1 fully saturated rings. The maximum absolute atomic E-state index is 11.9. The Kier molecular flexibility index (Phi) is 6.06. The van der Waals surface area contributed by atoms with Gasteiger partial charge in [0, 0.05) is 24.5 Å². The van der Waals surface area contributed by atoms with Gasteiger partial charge in [0.05, 0.1) is 0 Å². The van der Waals surface area contributed by atoms with Gasteiger partial charge in [0.1, 0.15) is 5.92 Å². The van der Waals surface area contributed by atoms with Crippen LogP contribution in [0.4, 0.5) is 0 Å². The number of rotatable bonds is 6. The van der Waals surface area contributed by atoms with Crippen molar-refractivity contribution in [3.63, 3.8) is 0 Å². The van der Waals surface area contributed by atoms with E-state index >= 15 is 0 Å². The van der Waals surface area contributed by atoms with Gasteiger partial charge in [0.25, 0.3) is 0 Å². The quantitative estimate of drug-likeness (QED) is 0.696. The molecule has 102 valence electrons. The normalized spacial score (nSPS) is 26.2. The number of ketones is 3. The second-order valence-corrected chi connectivity index (χ2v) is 6.68. The summed E-state index contributed by atoms with van der Waals surface area (Å²) in [6.45, 7) is 5.94. The Morgan fingerprint density at radius 3 is 2.28 bits per heavy atom. The van der Waals surface area contributed by atoms with Crippen LogP contribution in [0.25, 0.3) is 0 Å². The smallest absolute Gasteiger partial charge is 0.151 e. The van der Waals surface area contributed by atoms with Crippen LogP contribution >= 0.6 is 11.8 Å². The first-order valence-electron chi connectivity index (χ1n) is 6.69. The standard InChI is InChI=1S/C14H22O3S/c1-4-11(15)14-12(16)7-10(8-13(14)17)6-9(3)18-5-2/h9-10,14H,4-8H2,1-3H3. The van der Waals surface area contributed by atoms with Crippen LogP contribution in [-0.2, 0) is 14.4 Å². The van der Waals surface area contributed by atoms with E-state index in [1.54, 1.807) is 6.92 Å². The molecule has 3 nitrogen and oxygen atoms in total. The summed E-state index contributed by atoms with van der Waals surface area (Å²) in [6.07, 6.45) is 1.96. The number of hydrogen-bond donors (Lipinski definition) is 0. The molecule has 1 saturated carbocycles. The van der Waals surface area contributed by atoms with Crippen LogP contribution in [0.1, 0.15) is 46.5 Å². The third kappa shape index (κ3) is 3.94. The predicted molar refractivity (Wildman–Crippen MR) is 73.7 cm³/mol. The molecule has 0 aromatic rings. The number of carbonyl (C=O) groups excluding carboxylic acids is 3. The van der Waals surface area contributed by atoms with Crippen LogP contribution in [0.5, 0.6) is 0 Å². The van der Waals surface area contributed by atoms with Gasteiger partial charge in [0.2, 0.25) is 0 Å². The summed E-state index contributed by atoms with van der Waals surface area (Å²) in [4.78, 5) is 35.4. The molecule has 4 heteroatoms. The van der Waals surface area contributed by atoms with Crippen molar-refractivity contribution in [3.05, 3.63) is 0 Å². The highest BCUT2D eigenvalue weighted by atomic mass is 32.2. The Morgan fingerprint density at radius 2 is 1.83 bits per heavy atom. The average molecular weight is 270 g/mol. The van der Waals surface area contributed by atoms with Gasteiger partial charge >= 0.3 is 0 Å². The molecule has 0 aromatic carbocycles. The summed E-state index contributed by atoms with van der Waals surface area (Å²) in [5, 5.41) is 0.471. The summed E-state index contributed by atoms with van der Waals surface area (Å²) in [7, 11) is 0. The lowest BCUT2D eigenvalue weighted by atomic mass is 9.76. The van der Waals surface area contributed by atoms with Crippen LogP contribution in [0.3, 0.4) is 0 Å². The van der Waals surface area contributed by atoms with Crippen LogP contribution in [-0.4, -0.2) is 28.4 Å². The number of Topliss-reactive ketones (excluding diaryl/α,β-unsaturated/α-hetero) is 3. The van der Waals surface area contributed by atoms with Gasteiger partial charge in [0.15, 0.2) is 17.3 Å². The summed E-state index contributed by atoms with van der Waals surface area (Å²) in [5.41, 5.74) is 0. The van der Waals surface area contributed by atoms with Gasteiger partial charge in [-0.2, -0.15) is 11.8 Å². The monoisotopic (exact) mass is 270 g/mol. The number of thioether (sulfide) groups is 1. The van der Waals surface area contributed by atoms with E-state index in [-0.39, 0.29) is 29.7 Å². The van der Waals surface area contributed by atoms with Gasteiger partial charge in [-0.05, 0) is 18.1 Å². The van der Waals surface area contributed by atoms with E-state index in [9.17, 15) is 14.4 Å².